The smallest absolute Gasteiger partial charge is 0.245 e. The van der Waals surface area contributed by atoms with Crippen molar-refractivity contribution in [3.8, 4) is 0 Å². The van der Waals surface area contributed by atoms with E-state index in [9.17, 15) is 9.59 Å². The van der Waals surface area contributed by atoms with Crippen molar-refractivity contribution in [2.75, 3.05) is 26.2 Å². The summed E-state index contributed by atoms with van der Waals surface area (Å²) in [5, 5.41) is 3.66. The van der Waals surface area contributed by atoms with Crippen molar-refractivity contribution in [3.63, 3.8) is 0 Å². The molecule has 3 fully saturated rings. The van der Waals surface area contributed by atoms with Crippen LogP contribution in [0.4, 0.5) is 0 Å². The normalized spacial score (nSPS) is 24.5. The zero-order valence-corrected chi connectivity index (χ0v) is 17.4. The van der Waals surface area contributed by atoms with Crippen molar-refractivity contribution in [2.24, 2.45) is 11.3 Å². The summed E-state index contributed by atoms with van der Waals surface area (Å²) < 4.78 is 0. The topological polar surface area (TPSA) is 52.7 Å². The second-order valence-electron chi connectivity index (χ2n) is 9.43. The van der Waals surface area contributed by atoms with Gasteiger partial charge >= 0.3 is 0 Å². The van der Waals surface area contributed by atoms with E-state index in [0.29, 0.717) is 12.5 Å². The van der Waals surface area contributed by atoms with Gasteiger partial charge in [-0.25, -0.2) is 0 Å². The Hall–Kier alpha value is -0.810. The van der Waals surface area contributed by atoms with E-state index in [1.807, 2.05) is 9.80 Å². The molecule has 5 nitrogen and oxygen atoms in total. The highest BCUT2D eigenvalue weighted by Crippen LogP contribution is 2.29. The maximum absolute atomic E-state index is 13.0. The Morgan fingerprint density at radius 1 is 1.00 bits per heavy atom. The minimum atomic E-state index is -0.217. The molecular formula is C20H36ClN3O2. The number of nitrogens with zero attached hydrogens (tertiary/aromatic N) is 2. The lowest BCUT2D eigenvalue weighted by Crippen LogP contribution is -2.52. The van der Waals surface area contributed by atoms with E-state index in [4.69, 9.17) is 0 Å². The van der Waals surface area contributed by atoms with Gasteiger partial charge in [-0.3, -0.25) is 9.59 Å². The predicted octanol–water partition coefficient (Wildman–Crippen LogP) is 2.83. The fourth-order valence-corrected chi connectivity index (χ4v) is 4.05. The molecule has 0 radical (unpaired) electrons. The molecule has 1 unspecified atom stereocenters. The molecule has 1 N–H and O–H groups in total. The van der Waals surface area contributed by atoms with E-state index in [0.717, 1.165) is 57.8 Å². The lowest BCUT2D eigenvalue weighted by atomic mass is 9.91. The number of likely N-dealkylation sites (tertiary alicyclic amines) is 2. The Kier molecular flexibility index (Phi) is 7.37. The number of halogens is 1. The van der Waals surface area contributed by atoms with Crippen molar-refractivity contribution in [1.29, 1.82) is 0 Å². The molecule has 2 heterocycles. The van der Waals surface area contributed by atoms with Crippen LogP contribution < -0.4 is 5.32 Å². The van der Waals surface area contributed by atoms with Crippen LogP contribution in [0.15, 0.2) is 0 Å². The second-order valence-corrected chi connectivity index (χ2v) is 9.43. The first-order valence-corrected chi connectivity index (χ1v) is 10.1. The van der Waals surface area contributed by atoms with Gasteiger partial charge in [0.1, 0.15) is 6.04 Å². The number of rotatable bonds is 5. The fraction of sp³-hybridized carbons (Fsp3) is 0.900. The van der Waals surface area contributed by atoms with Gasteiger partial charge in [0.05, 0.1) is 0 Å². The van der Waals surface area contributed by atoms with E-state index in [-0.39, 0.29) is 35.7 Å². The number of hydrogen-bond acceptors (Lipinski definition) is 3. The lowest BCUT2D eigenvalue weighted by molar-refractivity contribution is -0.145. The predicted molar refractivity (Wildman–Crippen MR) is 106 cm³/mol. The third-order valence-electron chi connectivity index (χ3n) is 5.74. The SMILES string of the molecule is CC(C)(C)CC(=O)N1CCCC1C(=O)N1CCC(NCC2CC2)CC1.Cl. The fourth-order valence-electron chi connectivity index (χ4n) is 4.05. The third-order valence-corrected chi connectivity index (χ3v) is 5.74. The quantitative estimate of drug-likeness (QED) is 0.791. The minimum absolute atomic E-state index is 0. The average Bonchev–Trinajstić information content (AvgIpc) is 3.25. The number of carbonyl (C=O) groups is 2. The molecule has 0 bridgehead atoms. The zero-order valence-electron chi connectivity index (χ0n) is 16.6. The second kappa shape index (κ2) is 8.92. The molecule has 2 aliphatic heterocycles. The standard InChI is InChI=1S/C20H35N3O2.ClH/c1-20(2,3)13-18(24)23-10-4-5-17(23)19(25)22-11-8-16(9-12-22)21-14-15-6-7-15;/h15-17,21H,4-14H2,1-3H3;1H. The molecule has 0 aromatic rings. The lowest BCUT2D eigenvalue weighted by Gasteiger charge is -2.36. The average molecular weight is 386 g/mol. The highest BCUT2D eigenvalue weighted by atomic mass is 35.5. The molecule has 0 spiro atoms. The zero-order chi connectivity index (χ0) is 18.0. The third kappa shape index (κ3) is 5.85. The van der Waals surface area contributed by atoms with Gasteiger partial charge in [-0.2, -0.15) is 0 Å². The van der Waals surface area contributed by atoms with Gasteiger partial charge in [0.2, 0.25) is 11.8 Å². The molecule has 150 valence electrons. The maximum atomic E-state index is 13.0. The van der Waals surface area contributed by atoms with E-state index >= 15 is 0 Å². The van der Waals surface area contributed by atoms with Crippen LogP contribution in [-0.4, -0.2) is 59.9 Å². The highest BCUT2D eigenvalue weighted by Gasteiger charge is 2.38. The van der Waals surface area contributed by atoms with Crippen molar-refractivity contribution < 1.29 is 9.59 Å². The number of piperidine rings is 1. The van der Waals surface area contributed by atoms with Crippen molar-refractivity contribution >= 4 is 24.2 Å². The number of nitrogens with one attached hydrogen (secondary N) is 1. The molecule has 3 rings (SSSR count). The summed E-state index contributed by atoms with van der Waals surface area (Å²) in [6.07, 6.45) is 7.14. The Morgan fingerprint density at radius 3 is 2.23 bits per heavy atom. The van der Waals surface area contributed by atoms with Gasteiger partial charge in [-0.1, -0.05) is 20.8 Å². The van der Waals surface area contributed by atoms with Crippen LogP contribution in [0.2, 0.25) is 0 Å². The molecular weight excluding hydrogens is 350 g/mol. The minimum Gasteiger partial charge on any atom is -0.341 e. The molecule has 0 aromatic carbocycles. The maximum Gasteiger partial charge on any atom is 0.245 e. The molecule has 0 aromatic heterocycles. The first-order valence-electron chi connectivity index (χ1n) is 10.1. The van der Waals surface area contributed by atoms with Crippen LogP contribution >= 0.6 is 12.4 Å². The summed E-state index contributed by atoms with van der Waals surface area (Å²) in [5.74, 6) is 1.23. The van der Waals surface area contributed by atoms with Crippen molar-refractivity contribution in [2.45, 2.75) is 77.8 Å². The van der Waals surface area contributed by atoms with E-state index < -0.39 is 0 Å². The van der Waals surface area contributed by atoms with Crippen molar-refractivity contribution in [1.82, 2.24) is 15.1 Å². The van der Waals surface area contributed by atoms with Gasteiger partial charge in [0.15, 0.2) is 0 Å². The monoisotopic (exact) mass is 385 g/mol. The Morgan fingerprint density at radius 2 is 1.65 bits per heavy atom. The highest BCUT2D eigenvalue weighted by molar-refractivity contribution is 5.88. The molecule has 3 aliphatic rings. The molecule has 6 heteroatoms. The van der Waals surface area contributed by atoms with Crippen LogP contribution in [0.1, 0.15) is 65.7 Å². The van der Waals surface area contributed by atoms with Crippen molar-refractivity contribution in [3.05, 3.63) is 0 Å². The van der Waals surface area contributed by atoms with Crippen LogP contribution in [0, 0.1) is 11.3 Å². The van der Waals surface area contributed by atoms with Crippen LogP contribution in [0.25, 0.3) is 0 Å². The summed E-state index contributed by atoms with van der Waals surface area (Å²) in [4.78, 5) is 29.4. The van der Waals surface area contributed by atoms with E-state index in [1.54, 1.807) is 0 Å². The summed E-state index contributed by atoms with van der Waals surface area (Å²) >= 11 is 0. The van der Waals surface area contributed by atoms with E-state index in [1.165, 1.54) is 12.8 Å². The van der Waals surface area contributed by atoms with Gasteiger partial charge in [0.25, 0.3) is 0 Å². The summed E-state index contributed by atoms with van der Waals surface area (Å²) in [7, 11) is 0. The molecule has 2 amide bonds. The van der Waals surface area contributed by atoms with Crippen LogP contribution in [0.5, 0.6) is 0 Å². The molecule has 2 saturated heterocycles. The molecule has 1 aliphatic carbocycles. The Bertz CT molecular complexity index is 494. The first-order chi connectivity index (χ1) is 11.8. The van der Waals surface area contributed by atoms with Gasteiger partial charge in [0, 0.05) is 32.1 Å². The molecule has 26 heavy (non-hydrogen) atoms. The summed E-state index contributed by atoms with van der Waals surface area (Å²) in [6.45, 7) is 9.80. The number of carbonyl (C=O) groups excluding carboxylic acids is 2. The summed E-state index contributed by atoms with van der Waals surface area (Å²) in [5.41, 5.74) is -0.0289. The molecule has 1 atom stereocenters. The largest absolute Gasteiger partial charge is 0.341 e. The Balaban J connectivity index is 0.00000243. The van der Waals surface area contributed by atoms with Crippen LogP contribution in [0.3, 0.4) is 0 Å². The summed E-state index contributed by atoms with van der Waals surface area (Å²) in [6, 6.07) is 0.345. The van der Waals surface area contributed by atoms with Gasteiger partial charge < -0.3 is 15.1 Å². The first kappa shape index (κ1) is 21.5. The number of amides is 2. The van der Waals surface area contributed by atoms with Gasteiger partial charge in [-0.05, 0) is 56.4 Å². The number of hydrogen-bond donors (Lipinski definition) is 1. The molecule has 1 saturated carbocycles. The van der Waals surface area contributed by atoms with Gasteiger partial charge in [-0.15, -0.1) is 12.4 Å². The Labute approximate surface area is 164 Å². The van der Waals surface area contributed by atoms with E-state index in [2.05, 4.69) is 26.1 Å². The van der Waals surface area contributed by atoms with Crippen LogP contribution in [-0.2, 0) is 9.59 Å².